The van der Waals surface area contributed by atoms with Crippen molar-refractivity contribution in [2.45, 2.75) is 31.5 Å². The molecule has 108 valence electrons. The van der Waals surface area contributed by atoms with Crippen molar-refractivity contribution in [2.24, 2.45) is 0 Å². The fourth-order valence-electron chi connectivity index (χ4n) is 2.57. The summed E-state index contributed by atoms with van der Waals surface area (Å²) >= 11 is 0. The molecule has 5 nitrogen and oxygen atoms in total. The van der Waals surface area contributed by atoms with Gasteiger partial charge in [-0.1, -0.05) is 6.42 Å². The summed E-state index contributed by atoms with van der Waals surface area (Å²) in [4.78, 5) is 4.21. The number of rotatable bonds is 1. The molecule has 0 radical (unpaired) electrons. The normalized spacial score (nSPS) is 20.4. The van der Waals surface area contributed by atoms with Crippen LogP contribution in [-0.2, 0) is 6.18 Å². The van der Waals surface area contributed by atoms with E-state index in [1.54, 1.807) is 0 Å². The second-order valence-corrected chi connectivity index (χ2v) is 4.93. The van der Waals surface area contributed by atoms with E-state index in [-0.39, 0.29) is 22.9 Å². The number of anilines is 1. The molecule has 20 heavy (non-hydrogen) atoms. The maximum atomic E-state index is 13.2. The van der Waals surface area contributed by atoms with Gasteiger partial charge in [-0.3, -0.25) is 5.10 Å². The van der Waals surface area contributed by atoms with Gasteiger partial charge in [0.2, 0.25) is 0 Å². The van der Waals surface area contributed by atoms with E-state index < -0.39 is 11.7 Å². The molecule has 1 saturated heterocycles. The first-order valence-electron chi connectivity index (χ1n) is 6.42. The van der Waals surface area contributed by atoms with Crippen LogP contribution in [0.4, 0.5) is 19.0 Å². The van der Waals surface area contributed by atoms with Gasteiger partial charge in [0.1, 0.15) is 5.82 Å². The molecule has 0 bridgehead atoms. The van der Waals surface area contributed by atoms with Crippen molar-refractivity contribution in [3.05, 3.63) is 17.3 Å². The van der Waals surface area contributed by atoms with Crippen molar-refractivity contribution < 1.29 is 13.2 Å². The summed E-state index contributed by atoms with van der Waals surface area (Å²) in [6, 6.07) is 0.921. The van der Waals surface area contributed by atoms with Crippen LogP contribution in [0.3, 0.4) is 0 Å². The molecule has 2 aromatic heterocycles. The fourth-order valence-corrected chi connectivity index (χ4v) is 2.57. The van der Waals surface area contributed by atoms with E-state index in [1.807, 2.05) is 0 Å². The number of nitrogen functional groups attached to an aromatic ring is 1. The van der Waals surface area contributed by atoms with Crippen LogP contribution in [0.25, 0.3) is 11.0 Å². The molecule has 0 aromatic carbocycles. The first-order chi connectivity index (χ1) is 9.47. The Morgan fingerprint density at radius 2 is 2.10 bits per heavy atom. The number of aromatic nitrogens is 3. The number of hydrogen-bond acceptors (Lipinski definition) is 4. The summed E-state index contributed by atoms with van der Waals surface area (Å²) in [5, 5.41) is 9.15. The molecule has 0 amide bonds. The first kappa shape index (κ1) is 13.2. The number of H-pyrrole nitrogens is 1. The monoisotopic (exact) mass is 285 g/mol. The van der Waals surface area contributed by atoms with E-state index in [2.05, 4.69) is 20.5 Å². The van der Waals surface area contributed by atoms with Crippen molar-refractivity contribution in [2.75, 3.05) is 12.3 Å². The Hall–Kier alpha value is -1.83. The summed E-state index contributed by atoms with van der Waals surface area (Å²) < 4.78 is 39.5. The van der Waals surface area contributed by atoms with Crippen LogP contribution in [0.2, 0.25) is 0 Å². The molecular weight excluding hydrogens is 271 g/mol. The number of piperidine rings is 1. The standard InChI is InChI=1S/C12H14F3N5/c13-12(14,15)6-5-8(7-3-1-2-4-17-7)18-11-9(6)10(16)19-20-11/h5,7,17H,1-4H2,(H3,16,18,19,20). The average Bonchev–Trinajstić information content (AvgIpc) is 2.79. The molecule has 0 aliphatic carbocycles. The van der Waals surface area contributed by atoms with Gasteiger partial charge in [-0.2, -0.15) is 18.3 Å². The molecule has 0 spiro atoms. The smallest absolute Gasteiger partial charge is 0.383 e. The first-order valence-corrected chi connectivity index (χ1v) is 6.42. The maximum Gasteiger partial charge on any atom is 0.417 e. The van der Waals surface area contributed by atoms with Crippen LogP contribution in [0.15, 0.2) is 6.07 Å². The number of alkyl halides is 3. The summed E-state index contributed by atoms with van der Waals surface area (Å²) in [6.45, 7) is 0.786. The van der Waals surface area contributed by atoms with Crippen molar-refractivity contribution in [1.82, 2.24) is 20.5 Å². The van der Waals surface area contributed by atoms with Crippen LogP contribution >= 0.6 is 0 Å². The number of nitrogens with zero attached hydrogens (tertiary/aromatic N) is 2. The predicted octanol–water partition coefficient (Wildman–Crippen LogP) is 2.37. The molecule has 1 atom stereocenters. The molecule has 2 aromatic rings. The maximum absolute atomic E-state index is 13.2. The van der Waals surface area contributed by atoms with Gasteiger partial charge in [-0.05, 0) is 25.5 Å². The highest BCUT2D eigenvalue weighted by Gasteiger charge is 2.36. The zero-order valence-electron chi connectivity index (χ0n) is 10.6. The molecule has 3 rings (SSSR count). The number of nitrogens with one attached hydrogen (secondary N) is 2. The third kappa shape index (κ3) is 2.20. The molecule has 3 heterocycles. The predicted molar refractivity (Wildman–Crippen MR) is 67.9 cm³/mol. The van der Waals surface area contributed by atoms with E-state index in [0.29, 0.717) is 5.69 Å². The summed E-state index contributed by atoms with van der Waals surface area (Å²) in [6.07, 6.45) is -1.71. The zero-order valence-corrected chi connectivity index (χ0v) is 10.6. The largest absolute Gasteiger partial charge is 0.417 e. The highest BCUT2D eigenvalue weighted by Crippen LogP contribution is 2.38. The lowest BCUT2D eigenvalue weighted by Crippen LogP contribution is -2.28. The summed E-state index contributed by atoms with van der Waals surface area (Å²) in [5.74, 6) is -0.108. The van der Waals surface area contributed by atoms with Gasteiger partial charge in [0, 0.05) is 6.04 Å². The molecule has 0 saturated carbocycles. The number of pyridine rings is 1. The highest BCUT2D eigenvalue weighted by molar-refractivity contribution is 5.89. The second-order valence-electron chi connectivity index (χ2n) is 4.93. The van der Waals surface area contributed by atoms with E-state index in [0.717, 1.165) is 31.9 Å². The van der Waals surface area contributed by atoms with Gasteiger partial charge in [0.25, 0.3) is 0 Å². The van der Waals surface area contributed by atoms with E-state index >= 15 is 0 Å². The number of nitrogens with two attached hydrogens (primary N) is 1. The quantitative estimate of drug-likeness (QED) is 0.751. The van der Waals surface area contributed by atoms with Gasteiger partial charge >= 0.3 is 6.18 Å². The number of fused-ring (bicyclic) bond motifs is 1. The Morgan fingerprint density at radius 3 is 2.75 bits per heavy atom. The van der Waals surface area contributed by atoms with Crippen molar-refractivity contribution in [1.29, 1.82) is 0 Å². The Kier molecular flexibility index (Phi) is 3.04. The van der Waals surface area contributed by atoms with Crippen LogP contribution < -0.4 is 11.1 Å². The van der Waals surface area contributed by atoms with Crippen molar-refractivity contribution in [3.8, 4) is 0 Å². The minimum Gasteiger partial charge on any atom is -0.383 e. The second kappa shape index (κ2) is 4.62. The zero-order chi connectivity index (χ0) is 14.3. The minimum atomic E-state index is -4.48. The summed E-state index contributed by atoms with van der Waals surface area (Å²) in [7, 11) is 0. The van der Waals surface area contributed by atoms with Gasteiger partial charge in [-0.15, -0.1) is 0 Å². The molecule has 1 aliphatic heterocycles. The number of aromatic amines is 1. The Bertz CT molecular complexity index is 628. The average molecular weight is 285 g/mol. The van der Waals surface area contributed by atoms with Gasteiger partial charge in [0.05, 0.1) is 16.6 Å². The molecule has 1 unspecified atom stereocenters. The van der Waals surface area contributed by atoms with Crippen LogP contribution in [-0.4, -0.2) is 21.7 Å². The lowest BCUT2D eigenvalue weighted by Gasteiger charge is -2.23. The fraction of sp³-hybridized carbons (Fsp3) is 0.500. The number of halogens is 3. The van der Waals surface area contributed by atoms with E-state index in [4.69, 9.17) is 5.73 Å². The van der Waals surface area contributed by atoms with Gasteiger partial charge in [-0.25, -0.2) is 4.98 Å². The minimum absolute atomic E-state index is 0.0136. The van der Waals surface area contributed by atoms with Crippen molar-refractivity contribution in [3.63, 3.8) is 0 Å². The van der Waals surface area contributed by atoms with Gasteiger partial charge in [0.15, 0.2) is 5.65 Å². The highest BCUT2D eigenvalue weighted by atomic mass is 19.4. The van der Waals surface area contributed by atoms with E-state index in [1.165, 1.54) is 0 Å². The lowest BCUT2D eigenvalue weighted by atomic mass is 9.99. The number of hydrogen-bond donors (Lipinski definition) is 3. The topological polar surface area (TPSA) is 79.6 Å². The third-order valence-corrected chi connectivity index (χ3v) is 3.54. The van der Waals surface area contributed by atoms with Gasteiger partial charge < -0.3 is 11.1 Å². The Morgan fingerprint density at radius 1 is 1.30 bits per heavy atom. The molecule has 4 N–H and O–H groups in total. The van der Waals surface area contributed by atoms with Crippen LogP contribution in [0, 0.1) is 0 Å². The third-order valence-electron chi connectivity index (χ3n) is 3.54. The molecular formula is C12H14F3N5. The Balaban J connectivity index is 2.15. The molecule has 1 fully saturated rings. The molecule has 8 heteroatoms. The lowest BCUT2D eigenvalue weighted by molar-refractivity contribution is -0.136. The van der Waals surface area contributed by atoms with Crippen LogP contribution in [0.5, 0.6) is 0 Å². The van der Waals surface area contributed by atoms with Crippen LogP contribution in [0.1, 0.15) is 36.6 Å². The van der Waals surface area contributed by atoms with Crippen molar-refractivity contribution >= 4 is 16.9 Å². The summed E-state index contributed by atoms with van der Waals surface area (Å²) in [5.41, 5.74) is 5.13. The van der Waals surface area contributed by atoms with E-state index in [9.17, 15) is 13.2 Å². The molecule has 1 aliphatic rings. The SMILES string of the molecule is Nc1[nH]nc2nc(C3CCCCN3)cc(C(F)(F)F)c12. The Labute approximate surface area is 112 Å².